The van der Waals surface area contributed by atoms with Crippen LogP contribution in [0.15, 0.2) is 42.5 Å². The van der Waals surface area contributed by atoms with Gasteiger partial charge in [0.05, 0.1) is 22.3 Å². The first-order chi connectivity index (χ1) is 10.9. The van der Waals surface area contributed by atoms with E-state index >= 15 is 0 Å². The van der Waals surface area contributed by atoms with Gasteiger partial charge < -0.3 is 5.32 Å². The number of non-ortho nitro benzene ring substituents is 1. The zero-order valence-corrected chi connectivity index (χ0v) is 12.3. The molecule has 0 spiro atoms. The number of nitro benzene ring substituents is 2. The molecule has 0 saturated carbocycles. The van der Waals surface area contributed by atoms with Gasteiger partial charge >= 0.3 is 0 Å². The molecular formula is C14H10ClN3O5. The number of hydrogen-bond acceptors (Lipinski definition) is 5. The van der Waals surface area contributed by atoms with Crippen LogP contribution in [0.3, 0.4) is 0 Å². The lowest BCUT2D eigenvalue weighted by atomic mass is 10.1. The van der Waals surface area contributed by atoms with E-state index in [0.29, 0.717) is 10.7 Å². The number of benzene rings is 2. The average molecular weight is 336 g/mol. The van der Waals surface area contributed by atoms with Gasteiger partial charge in [-0.1, -0.05) is 11.6 Å². The molecule has 0 fully saturated rings. The molecular weight excluding hydrogens is 326 g/mol. The molecule has 9 heteroatoms. The summed E-state index contributed by atoms with van der Waals surface area (Å²) in [5.41, 5.74) is -0.292. The zero-order valence-electron chi connectivity index (χ0n) is 11.6. The van der Waals surface area contributed by atoms with Gasteiger partial charge in [-0.05, 0) is 30.3 Å². The fraction of sp³-hybridized carbons (Fsp3) is 0.0714. The van der Waals surface area contributed by atoms with Crippen LogP contribution in [-0.4, -0.2) is 15.8 Å². The van der Waals surface area contributed by atoms with Crippen LogP contribution in [0, 0.1) is 20.2 Å². The molecule has 8 nitrogen and oxygen atoms in total. The van der Waals surface area contributed by atoms with Crippen molar-refractivity contribution in [3.63, 3.8) is 0 Å². The molecule has 0 aliphatic heterocycles. The fourth-order valence-electron chi connectivity index (χ4n) is 1.90. The van der Waals surface area contributed by atoms with Crippen LogP contribution in [0.5, 0.6) is 0 Å². The summed E-state index contributed by atoms with van der Waals surface area (Å²) < 4.78 is 0. The second-order valence-electron chi connectivity index (χ2n) is 4.56. The Bertz CT molecular complexity index is 776. The Labute approximate surface area is 135 Å². The maximum atomic E-state index is 12.0. The van der Waals surface area contributed by atoms with Gasteiger partial charge in [-0.3, -0.25) is 25.0 Å². The summed E-state index contributed by atoms with van der Waals surface area (Å²) in [5.74, 6) is -0.482. The molecule has 1 amide bonds. The van der Waals surface area contributed by atoms with E-state index in [9.17, 15) is 25.0 Å². The van der Waals surface area contributed by atoms with Gasteiger partial charge in [-0.15, -0.1) is 0 Å². The van der Waals surface area contributed by atoms with Crippen LogP contribution in [0.2, 0.25) is 5.02 Å². The maximum absolute atomic E-state index is 12.0. The first kappa shape index (κ1) is 16.4. The van der Waals surface area contributed by atoms with Gasteiger partial charge in [-0.25, -0.2) is 0 Å². The van der Waals surface area contributed by atoms with Crippen LogP contribution in [0.1, 0.15) is 5.56 Å². The van der Waals surface area contributed by atoms with Crippen molar-refractivity contribution in [3.05, 3.63) is 73.3 Å². The minimum Gasteiger partial charge on any atom is -0.326 e. The number of nitrogens with one attached hydrogen (secondary N) is 1. The van der Waals surface area contributed by atoms with E-state index in [1.165, 1.54) is 6.07 Å². The van der Waals surface area contributed by atoms with Crippen molar-refractivity contribution in [2.75, 3.05) is 5.32 Å². The summed E-state index contributed by atoms with van der Waals surface area (Å²) in [6.45, 7) is 0. The van der Waals surface area contributed by atoms with Gasteiger partial charge in [0.1, 0.15) is 0 Å². The Kier molecular flexibility index (Phi) is 4.87. The van der Waals surface area contributed by atoms with E-state index in [1.807, 2.05) is 0 Å². The Balaban J connectivity index is 2.18. The molecule has 0 aliphatic carbocycles. The lowest BCUT2D eigenvalue weighted by Gasteiger charge is -2.06. The first-order valence-corrected chi connectivity index (χ1v) is 6.72. The van der Waals surface area contributed by atoms with Gasteiger partial charge in [0.15, 0.2) is 0 Å². The van der Waals surface area contributed by atoms with Gasteiger partial charge in [0, 0.05) is 22.3 Å². The van der Waals surface area contributed by atoms with Crippen LogP contribution in [0.4, 0.5) is 17.1 Å². The third-order valence-electron chi connectivity index (χ3n) is 2.96. The standard InChI is InChI=1S/C14H10ClN3O5/c15-10-2-4-11(5-3-10)16-14(19)7-9-1-6-12(17(20)21)8-13(9)18(22)23/h1-6,8H,7H2,(H,16,19). The molecule has 1 N–H and O–H groups in total. The Morgan fingerprint density at radius 2 is 1.70 bits per heavy atom. The smallest absolute Gasteiger partial charge is 0.279 e. The number of halogens is 1. The van der Waals surface area contributed by atoms with Crippen molar-refractivity contribution in [1.82, 2.24) is 0 Å². The number of carbonyl (C=O) groups excluding carboxylic acids is 1. The SMILES string of the molecule is O=C(Cc1ccc([N+](=O)[O-])cc1[N+](=O)[O-])Nc1ccc(Cl)cc1. The highest BCUT2D eigenvalue weighted by Crippen LogP contribution is 2.25. The minimum atomic E-state index is -0.752. The maximum Gasteiger partial charge on any atom is 0.279 e. The topological polar surface area (TPSA) is 115 Å². The van der Waals surface area contributed by atoms with Gasteiger partial charge in [0.2, 0.25) is 5.91 Å². The third kappa shape index (κ3) is 4.24. The lowest BCUT2D eigenvalue weighted by molar-refractivity contribution is -0.394. The molecule has 2 aromatic carbocycles. The predicted octanol–water partition coefficient (Wildman–Crippen LogP) is 3.34. The van der Waals surface area contributed by atoms with E-state index < -0.39 is 27.1 Å². The number of hydrogen-bond donors (Lipinski definition) is 1. The van der Waals surface area contributed by atoms with Gasteiger partial charge in [-0.2, -0.15) is 0 Å². The summed E-state index contributed by atoms with van der Waals surface area (Å²) in [4.78, 5) is 32.2. The Morgan fingerprint density at radius 3 is 2.26 bits per heavy atom. The quantitative estimate of drug-likeness (QED) is 0.664. The summed E-state index contributed by atoms with van der Waals surface area (Å²) >= 11 is 5.73. The van der Waals surface area contributed by atoms with Crippen molar-refractivity contribution < 1.29 is 14.6 Å². The van der Waals surface area contributed by atoms with Crippen LogP contribution in [0.25, 0.3) is 0 Å². The molecule has 0 aliphatic rings. The molecule has 0 aromatic heterocycles. The highest BCUT2D eigenvalue weighted by atomic mass is 35.5. The number of amides is 1. The number of nitrogens with zero attached hydrogens (tertiary/aromatic N) is 2. The second-order valence-corrected chi connectivity index (χ2v) is 5.00. The monoisotopic (exact) mass is 335 g/mol. The average Bonchev–Trinajstić information content (AvgIpc) is 2.49. The fourth-order valence-corrected chi connectivity index (χ4v) is 2.02. The molecule has 0 bridgehead atoms. The van der Waals surface area contributed by atoms with Crippen molar-refractivity contribution in [3.8, 4) is 0 Å². The largest absolute Gasteiger partial charge is 0.326 e. The summed E-state index contributed by atoms with van der Waals surface area (Å²) in [7, 11) is 0. The number of nitro groups is 2. The van der Waals surface area contributed by atoms with Crippen LogP contribution < -0.4 is 5.32 Å². The van der Waals surface area contributed by atoms with Crippen molar-refractivity contribution in [2.45, 2.75) is 6.42 Å². The highest BCUT2D eigenvalue weighted by Gasteiger charge is 2.21. The molecule has 0 unspecified atom stereocenters. The normalized spacial score (nSPS) is 10.1. The number of anilines is 1. The number of rotatable bonds is 5. The molecule has 0 radical (unpaired) electrons. The molecule has 23 heavy (non-hydrogen) atoms. The van der Waals surface area contributed by atoms with Gasteiger partial charge in [0.25, 0.3) is 11.4 Å². The summed E-state index contributed by atoms with van der Waals surface area (Å²) in [6, 6.07) is 9.52. The van der Waals surface area contributed by atoms with E-state index in [1.54, 1.807) is 24.3 Å². The van der Waals surface area contributed by atoms with Crippen molar-refractivity contribution >= 4 is 34.6 Å². The van der Waals surface area contributed by atoms with Crippen LogP contribution >= 0.6 is 11.6 Å². The highest BCUT2D eigenvalue weighted by molar-refractivity contribution is 6.30. The second kappa shape index (κ2) is 6.84. The van der Waals surface area contributed by atoms with Crippen LogP contribution in [-0.2, 0) is 11.2 Å². The molecule has 0 atom stereocenters. The van der Waals surface area contributed by atoms with Crippen molar-refractivity contribution in [2.24, 2.45) is 0 Å². The van der Waals surface area contributed by atoms with Crippen molar-refractivity contribution in [1.29, 1.82) is 0 Å². The Hall–Kier alpha value is -3.00. The van der Waals surface area contributed by atoms with E-state index in [2.05, 4.69) is 5.32 Å². The summed E-state index contributed by atoms with van der Waals surface area (Å²) in [5, 5.41) is 24.8. The van der Waals surface area contributed by atoms with E-state index in [-0.39, 0.29) is 12.0 Å². The Morgan fingerprint density at radius 1 is 1.04 bits per heavy atom. The minimum absolute atomic E-state index is 0.0899. The molecule has 2 rings (SSSR count). The van der Waals surface area contributed by atoms with E-state index in [0.717, 1.165) is 12.1 Å². The molecule has 118 valence electrons. The molecule has 0 saturated heterocycles. The third-order valence-corrected chi connectivity index (χ3v) is 3.21. The number of carbonyl (C=O) groups is 1. The predicted molar refractivity (Wildman–Crippen MR) is 83.5 cm³/mol. The molecule has 0 heterocycles. The van der Waals surface area contributed by atoms with E-state index in [4.69, 9.17) is 11.6 Å². The molecule has 2 aromatic rings. The zero-order chi connectivity index (χ0) is 17.0. The summed E-state index contributed by atoms with van der Waals surface area (Å²) in [6.07, 6.45) is -0.281. The lowest BCUT2D eigenvalue weighted by Crippen LogP contribution is -2.15. The first-order valence-electron chi connectivity index (χ1n) is 6.34.